The molecule has 29 heavy (non-hydrogen) atoms. The zero-order valence-corrected chi connectivity index (χ0v) is 16.0. The van der Waals surface area contributed by atoms with Gasteiger partial charge in [0.15, 0.2) is 0 Å². The molecular formula is C20H22FN7O. The van der Waals surface area contributed by atoms with Crippen molar-refractivity contribution in [2.24, 2.45) is 0 Å². The number of aromatic hydroxyl groups is 1. The number of benzene rings is 1. The van der Waals surface area contributed by atoms with Crippen LogP contribution in [-0.4, -0.2) is 61.8 Å². The second kappa shape index (κ2) is 7.07. The van der Waals surface area contributed by atoms with E-state index in [-0.39, 0.29) is 17.8 Å². The highest BCUT2D eigenvalue weighted by molar-refractivity contribution is 5.73. The van der Waals surface area contributed by atoms with Crippen LogP contribution in [0.3, 0.4) is 0 Å². The van der Waals surface area contributed by atoms with Gasteiger partial charge in [-0.1, -0.05) is 6.07 Å². The summed E-state index contributed by atoms with van der Waals surface area (Å²) in [6.07, 6.45) is 6.67. The zero-order valence-electron chi connectivity index (χ0n) is 16.0. The third kappa shape index (κ3) is 3.21. The molecule has 0 radical (unpaired) electrons. The van der Waals surface area contributed by atoms with Crippen LogP contribution in [0.2, 0.25) is 0 Å². The number of rotatable bonds is 4. The number of phenolic OH excluding ortho intramolecular Hbond substituents is 1. The number of anilines is 1. The smallest absolute Gasteiger partial charge is 0.245 e. The molecule has 9 heteroatoms. The van der Waals surface area contributed by atoms with Crippen molar-refractivity contribution in [2.45, 2.75) is 43.6 Å². The molecule has 3 N–H and O–H groups in total. The van der Waals surface area contributed by atoms with Gasteiger partial charge in [0.25, 0.3) is 0 Å². The quantitative estimate of drug-likeness (QED) is 0.623. The number of nitrogens with zero attached hydrogens (tertiary/aromatic N) is 5. The van der Waals surface area contributed by atoms with Crippen LogP contribution in [0.15, 0.2) is 36.8 Å². The lowest BCUT2D eigenvalue weighted by molar-refractivity contribution is 0.175. The molecule has 2 aliphatic heterocycles. The highest BCUT2D eigenvalue weighted by atomic mass is 19.1. The third-order valence-corrected chi connectivity index (χ3v) is 6.02. The number of nitrogens with one attached hydrogen (secondary N) is 2. The Morgan fingerprint density at radius 2 is 2.07 bits per heavy atom. The molecule has 2 saturated heterocycles. The van der Waals surface area contributed by atoms with E-state index in [1.807, 2.05) is 13.1 Å². The standard InChI is InChI=1S/C20H22FN7O/c1-28(17-7-13-3-5-15(25-13)19(17)21)20-22-10-16(26-27-20)14-4-2-11(6-18(14)29)12-8-23-24-9-12/h2,4,6,8-10,13,15,17,19,25,29H,3,5,7H2,1H3,(H,23,24)/t13?,15?,17-,19+/m1/s1. The summed E-state index contributed by atoms with van der Waals surface area (Å²) in [5.74, 6) is 0.469. The van der Waals surface area contributed by atoms with Crippen LogP contribution >= 0.6 is 0 Å². The maximum Gasteiger partial charge on any atom is 0.245 e. The highest BCUT2D eigenvalue weighted by Crippen LogP contribution is 2.34. The monoisotopic (exact) mass is 395 g/mol. The second-order valence-electron chi connectivity index (χ2n) is 7.77. The topological polar surface area (TPSA) is 103 Å². The largest absolute Gasteiger partial charge is 0.507 e. The number of piperidine rings is 1. The molecule has 0 aliphatic carbocycles. The van der Waals surface area contributed by atoms with E-state index >= 15 is 0 Å². The lowest BCUT2D eigenvalue weighted by atomic mass is 9.97. The Morgan fingerprint density at radius 1 is 1.17 bits per heavy atom. The fraction of sp³-hybridized carbons (Fsp3) is 0.400. The predicted octanol–water partition coefficient (Wildman–Crippen LogP) is 2.30. The summed E-state index contributed by atoms with van der Waals surface area (Å²) in [4.78, 5) is 6.17. The molecule has 0 spiro atoms. The Hall–Kier alpha value is -3.07. The van der Waals surface area contributed by atoms with Crippen LogP contribution in [-0.2, 0) is 0 Å². The van der Waals surface area contributed by atoms with Gasteiger partial charge in [0.05, 0.1) is 18.4 Å². The molecule has 2 aromatic heterocycles. The fourth-order valence-corrected chi connectivity index (χ4v) is 4.39. The van der Waals surface area contributed by atoms with Crippen molar-refractivity contribution in [3.8, 4) is 28.1 Å². The molecule has 2 unspecified atom stereocenters. The first-order valence-electron chi connectivity index (χ1n) is 9.75. The van der Waals surface area contributed by atoms with Crippen molar-refractivity contribution in [1.29, 1.82) is 0 Å². The van der Waals surface area contributed by atoms with Crippen molar-refractivity contribution in [2.75, 3.05) is 11.9 Å². The maximum atomic E-state index is 14.8. The molecule has 4 atom stereocenters. The summed E-state index contributed by atoms with van der Waals surface area (Å²) in [5.41, 5.74) is 2.71. The maximum absolute atomic E-state index is 14.8. The van der Waals surface area contributed by atoms with Crippen LogP contribution in [0, 0.1) is 0 Å². The lowest BCUT2D eigenvalue weighted by Gasteiger charge is -2.38. The first-order valence-corrected chi connectivity index (χ1v) is 9.75. The minimum absolute atomic E-state index is 0.0830. The SMILES string of the molecule is CN(c1ncc(-c2ccc(-c3cn[nH]c3)cc2O)nn1)[C@@H]1CC2CCC(N2)[C@@H]1F. The molecule has 0 amide bonds. The van der Waals surface area contributed by atoms with Gasteiger partial charge in [0, 0.05) is 36.5 Å². The van der Waals surface area contributed by atoms with Gasteiger partial charge < -0.3 is 15.3 Å². The van der Waals surface area contributed by atoms with Gasteiger partial charge in [-0.15, -0.1) is 10.2 Å². The van der Waals surface area contributed by atoms with E-state index in [1.54, 1.807) is 35.6 Å². The summed E-state index contributed by atoms with van der Waals surface area (Å²) in [6.45, 7) is 0. The van der Waals surface area contributed by atoms with Crippen molar-refractivity contribution in [1.82, 2.24) is 30.7 Å². The molecule has 0 saturated carbocycles. The Kier molecular flexibility index (Phi) is 4.39. The van der Waals surface area contributed by atoms with Crippen molar-refractivity contribution in [3.63, 3.8) is 0 Å². The minimum atomic E-state index is -0.957. The van der Waals surface area contributed by atoms with Crippen LogP contribution in [0.4, 0.5) is 10.3 Å². The molecule has 2 bridgehead atoms. The number of fused-ring (bicyclic) bond motifs is 2. The number of hydrogen-bond acceptors (Lipinski definition) is 7. The van der Waals surface area contributed by atoms with Crippen molar-refractivity contribution < 1.29 is 9.50 Å². The van der Waals surface area contributed by atoms with Gasteiger partial charge in [-0.25, -0.2) is 9.37 Å². The number of H-pyrrole nitrogens is 1. The highest BCUT2D eigenvalue weighted by Gasteiger charge is 2.44. The normalized spacial score (nSPS) is 25.9. The molecule has 1 aromatic carbocycles. The fourth-order valence-electron chi connectivity index (χ4n) is 4.39. The van der Waals surface area contributed by atoms with Gasteiger partial charge in [-0.3, -0.25) is 5.10 Å². The van der Waals surface area contributed by atoms with Gasteiger partial charge >= 0.3 is 0 Å². The van der Waals surface area contributed by atoms with Crippen LogP contribution in [0.5, 0.6) is 5.75 Å². The first-order chi connectivity index (χ1) is 14.1. The van der Waals surface area contributed by atoms with E-state index in [2.05, 4.69) is 30.7 Å². The molecule has 4 heterocycles. The van der Waals surface area contributed by atoms with Crippen molar-refractivity contribution in [3.05, 3.63) is 36.8 Å². The summed E-state index contributed by atoms with van der Waals surface area (Å²) < 4.78 is 14.8. The number of aromatic amines is 1. The molecule has 8 nitrogen and oxygen atoms in total. The summed E-state index contributed by atoms with van der Waals surface area (Å²) in [7, 11) is 1.82. The first kappa shape index (κ1) is 18.0. The Balaban J connectivity index is 1.36. The summed E-state index contributed by atoms with van der Waals surface area (Å²) in [5, 5.41) is 28.9. The van der Waals surface area contributed by atoms with Gasteiger partial charge in [0.1, 0.15) is 17.6 Å². The van der Waals surface area contributed by atoms with E-state index in [9.17, 15) is 9.50 Å². The summed E-state index contributed by atoms with van der Waals surface area (Å²) >= 11 is 0. The zero-order chi connectivity index (χ0) is 20.0. The van der Waals surface area contributed by atoms with Crippen LogP contribution in [0.25, 0.3) is 22.4 Å². The molecule has 2 fully saturated rings. The van der Waals surface area contributed by atoms with E-state index in [1.165, 1.54) is 0 Å². The number of hydrogen-bond donors (Lipinski definition) is 3. The Bertz CT molecular complexity index is 995. The Morgan fingerprint density at radius 3 is 2.79 bits per heavy atom. The number of phenols is 1. The molecule has 150 valence electrons. The van der Waals surface area contributed by atoms with Gasteiger partial charge in [0.2, 0.25) is 5.95 Å². The van der Waals surface area contributed by atoms with Crippen LogP contribution < -0.4 is 10.2 Å². The number of halogens is 1. The van der Waals surface area contributed by atoms with Gasteiger partial charge in [-0.2, -0.15) is 5.10 Å². The van der Waals surface area contributed by atoms with Gasteiger partial charge in [-0.05, 0) is 37.0 Å². The molecule has 5 rings (SSSR count). The van der Waals surface area contributed by atoms with E-state index < -0.39 is 6.17 Å². The van der Waals surface area contributed by atoms with E-state index in [0.717, 1.165) is 30.4 Å². The molecular weight excluding hydrogens is 373 g/mol. The van der Waals surface area contributed by atoms with E-state index in [4.69, 9.17) is 0 Å². The Labute approximate surface area is 167 Å². The molecule has 2 aliphatic rings. The minimum Gasteiger partial charge on any atom is -0.507 e. The molecule has 3 aromatic rings. The predicted molar refractivity (Wildman–Crippen MR) is 106 cm³/mol. The average molecular weight is 395 g/mol. The lowest BCUT2D eigenvalue weighted by Crippen LogP contribution is -2.55. The summed E-state index contributed by atoms with van der Waals surface area (Å²) in [6, 6.07) is 5.32. The number of alkyl halides is 1. The average Bonchev–Trinajstić information content (AvgIpc) is 3.41. The van der Waals surface area contributed by atoms with Crippen molar-refractivity contribution >= 4 is 5.95 Å². The second-order valence-corrected chi connectivity index (χ2v) is 7.77. The van der Waals surface area contributed by atoms with E-state index in [0.29, 0.717) is 23.2 Å². The van der Waals surface area contributed by atoms with Crippen LogP contribution in [0.1, 0.15) is 19.3 Å². The third-order valence-electron chi connectivity index (χ3n) is 6.02. The number of aromatic nitrogens is 5.